The third-order valence-corrected chi connectivity index (χ3v) is 3.53. The topological polar surface area (TPSA) is 3.24 Å². The van der Waals surface area contributed by atoms with Crippen molar-refractivity contribution in [3.63, 3.8) is 0 Å². The summed E-state index contributed by atoms with van der Waals surface area (Å²) in [5.74, 6) is 0. The fourth-order valence-electron chi connectivity index (χ4n) is 2.54. The van der Waals surface area contributed by atoms with Crippen molar-refractivity contribution in [3.05, 3.63) is 34.9 Å². The van der Waals surface area contributed by atoms with Gasteiger partial charge in [-0.2, -0.15) is 0 Å². The summed E-state index contributed by atoms with van der Waals surface area (Å²) in [6.45, 7) is 7.93. The van der Waals surface area contributed by atoms with Crippen LogP contribution >= 0.6 is 0 Å². The number of rotatable bonds is 4. The Kier molecular flexibility index (Phi) is 3.42. The zero-order valence-electron chi connectivity index (χ0n) is 9.92. The highest BCUT2D eigenvalue weighted by molar-refractivity contribution is 5.38. The van der Waals surface area contributed by atoms with Crippen molar-refractivity contribution in [1.82, 2.24) is 4.90 Å². The lowest BCUT2D eigenvalue weighted by molar-refractivity contribution is 0.295. The average molecular weight is 203 g/mol. The second-order valence-corrected chi connectivity index (χ2v) is 4.37. The van der Waals surface area contributed by atoms with Crippen molar-refractivity contribution in [2.75, 3.05) is 13.1 Å². The van der Waals surface area contributed by atoms with Crippen LogP contribution in [0.4, 0.5) is 0 Å². The van der Waals surface area contributed by atoms with Crippen LogP contribution in [0, 0.1) is 0 Å². The van der Waals surface area contributed by atoms with Crippen molar-refractivity contribution in [1.29, 1.82) is 0 Å². The molecule has 0 heterocycles. The van der Waals surface area contributed by atoms with E-state index in [0.29, 0.717) is 0 Å². The molecule has 2 rings (SSSR count). The SMILES string of the molecule is CCN(CC)Cc1cccc2c1CCC2. The lowest BCUT2D eigenvalue weighted by Crippen LogP contribution is -2.22. The Bertz CT molecular complexity index is 326. The molecule has 0 amide bonds. The van der Waals surface area contributed by atoms with E-state index < -0.39 is 0 Å². The minimum Gasteiger partial charge on any atom is -0.300 e. The van der Waals surface area contributed by atoms with Crippen LogP contribution in [-0.4, -0.2) is 18.0 Å². The van der Waals surface area contributed by atoms with Crippen LogP contribution in [0.3, 0.4) is 0 Å². The highest BCUT2D eigenvalue weighted by Gasteiger charge is 2.14. The molecule has 0 atom stereocenters. The number of hydrogen-bond acceptors (Lipinski definition) is 1. The molecule has 0 fully saturated rings. The molecule has 0 aliphatic heterocycles. The van der Waals surface area contributed by atoms with Crippen molar-refractivity contribution < 1.29 is 0 Å². The average Bonchev–Trinajstić information content (AvgIpc) is 2.74. The molecule has 0 saturated heterocycles. The van der Waals surface area contributed by atoms with E-state index in [-0.39, 0.29) is 0 Å². The molecule has 1 aromatic rings. The molecular weight excluding hydrogens is 182 g/mol. The molecule has 0 N–H and O–H groups in total. The van der Waals surface area contributed by atoms with E-state index in [1.54, 1.807) is 16.7 Å². The molecule has 82 valence electrons. The van der Waals surface area contributed by atoms with Gasteiger partial charge in [0.1, 0.15) is 0 Å². The van der Waals surface area contributed by atoms with Crippen molar-refractivity contribution in [2.24, 2.45) is 0 Å². The summed E-state index contributed by atoms with van der Waals surface area (Å²) in [5.41, 5.74) is 4.80. The summed E-state index contributed by atoms with van der Waals surface area (Å²) >= 11 is 0. The van der Waals surface area contributed by atoms with Gasteiger partial charge in [0.05, 0.1) is 0 Å². The summed E-state index contributed by atoms with van der Waals surface area (Å²) in [6, 6.07) is 6.83. The summed E-state index contributed by atoms with van der Waals surface area (Å²) in [7, 11) is 0. The lowest BCUT2D eigenvalue weighted by Gasteiger charge is -2.19. The van der Waals surface area contributed by atoms with Crippen molar-refractivity contribution in [2.45, 2.75) is 39.7 Å². The molecular formula is C14H21N. The van der Waals surface area contributed by atoms with Gasteiger partial charge in [0.15, 0.2) is 0 Å². The van der Waals surface area contributed by atoms with Gasteiger partial charge in [-0.15, -0.1) is 0 Å². The van der Waals surface area contributed by atoms with E-state index in [1.165, 1.54) is 19.3 Å². The van der Waals surface area contributed by atoms with Gasteiger partial charge in [0, 0.05) is 6.54 Å². The van der Waals surface area contributed by atoms with Gasteiger partial charge in [0.2, 0.25) is 0 Å². The summed E-state index contributed by atoms with van der Waals surface area (Å²) in [6.07, 6.45) is 3.94. The first-order valence-corrected chi connectivity index (χ1v) is 6.17. The molecule has 1 aromatic carbocycles. The fraction of sp³-hybridized carbons (Fsp3) is 0.571. The zero-order chi connectivity index (χ0) is 10.7. The Balaban J connectivity index is 2.18. The van der Waals surface area contributed by atoms with E-state index in [1.807, 2.05) is 0 Å². The highest BCUT2D eigenvalue weighted by atomic mass is 15.1. The largest absolute Gasteiger partial charge is 0.300 e. The zero-order valence-corrected chi connectivity index (χ0v) is 9.92. The molecule has 1 heteroatoms. The normalized spacial score (nSPS) is 14.6. The Morgan fingerprint density at radius 1 is 1.13 bits per heavy atom. The Morgan fingerprint density at radius 3 is 2.67 bits per heavy atom. The van der Waals surface area contributed by atoms with E-state index in [2.05, 4.69) is 36.9 Å². The molecule has 15 heavy (non-hydrogen) atoms. The van der Waals surface area contributed by atoms with Crippen LogP contribution in [0.1, 0.15) is 37.0 Å². The maximum atomic E-state index is 2.49. The lowest BCUT2D eigenvalue weighted by atomic mass is 10.0. The number of fused-ring (bicyclic) bond motifs is 1. The fourth-order valence-corrected chi connectivity index (χ4v) is 2.54. The van der Waals surface area contributed by atoms with Gasteiger partial charge in [0.25, 0.3) is 0 Å². The van der Waals surface area contributed by atoms with Crippen LogP contribution in [0.25, 0.3) is 0 Å². The van der Waals surface area contributed by atoms with Crippen molar-refractivity contribution in [3.8, 4) is 0 Å². The van der Waals surface area contributed by atoms with Crippen LogP contribution in [0.5, 0.6) is 0 Å². The molecule has 0 unspecified atom stereocenters. The predicted molar refractivity (Wildman–Crippen MR) is 65.1 cm³/mol. The third-order valence-electron chi connectivity index (χ3n) is 3.53. The molecule has 1 aliphatic carbocycles. The Labute approximate surface area is 93.1 Å². The van der Waals surface area contributed by atoms with Gasteiger partial charge in [-0.1, -0.05) is 32.0 Å². The molecule has 1 nitrogen and oxygen atoms in total. The van der Waals surface area contributed by atoms with Crippen molar-refractivity contribution >= 4 is 0 Å². The first-order chi connectivity index (χ1) is 7.35. The van der Waals surface area contributed by atoms with Gasteiger partial charge >= 0.3 is 0 Å². The second-order valence-electron chi connectivity index (χ2n) is 4.37. The maximum Gasteiger partial charge on any atom is 0.0236 e. The monoisotopic (exact) mass is 203 g/mol. The molecule has 0 radical (unpaired) electrons. The first-order valence-electron chi connectivity index (χ1n) is 6.17. The highest BCUT2D eigenvalue weighted by Crippen LogP contribution is 2.25. The Hall–Kier alpha value is -0.820. The molecule has 0 aromatic heterocycles. The van der Waals surface area contributed by atoms with E-state index in [0.717, 1.165) is 19.6 Å². The minimum atomic E-state index is 1.14. The minimum absolute atomic E-state index is 1.14. The summed E-state index contributed by atoms with van der Waals surface area (Å²) in [5, 5.41) is 0. The predicted octanol–water partition coefficient (Wildman–Crippen LogP) is 3.02. The van der Waals surface area contributed by atoms with Gasteiger partial charge in [-0.3, -0.25) is 4.90 Å². The van der Waals surface area contributed by atoms with Gasteiger partial charge < -0.3 is 0 Å². The smallest absolute Gasteiger partial charge is 0.0236 e. The second kappa shape index (κ2) is 4.80. The number of aryl methyl sites for hydroxylation is 1. The van der Waals surface area contributed by atoms with E-state index in [9.17, 15) is 0 Å². The maximum absolute atomic E-state index is 2.49. The van der Waals surface area contributed by atoms with E-state index in [4.69, 9.17) is 0 Å². The molecule has 0 saturated carbocycles. The van der Waals surface area contributed by atoms with Gasteiger partial charge in [-0.05, 0) is 49.0 Å². The standard InChI is InChI=1S/C14H21N/c1-3-15(4-2)11-13-9-5-7-12-8-6-10-14(12)13/h5,7,9H,3-4,6,8,10-11H2,1-2H3. The first kappa shape index (κ1) is 10.7. The van der Waals surface area contributed by atoms with Crippen LogP contribution in [0.2, 0.25) is 0 Å². The number of nitrogens with zero attached hydrogens (tertiary/aromatic N) is 1. The number of benzene rings is 1. The molecule has 1 aliphatic rings. The van der Waals surface area contributed by atoms with Crippen LogP contribution in [0.15, 0.2) is 18.2 Å². The van der Waals surface area contributed by atoms with Crippen LogP contribution < -0.4 is 0 Å². The summed E-state index contributed by atoms with van der Waals surface area (Å²) in [4.78, 5) is 2.49. The molecule has 0 spiro atoms. The Morgan fingerprint density at radius 2 is 1.93 bits per heavy atom. The quantitative estimate of drug-likeness (QED) is 0.727. The van der Waals surface area contributed by atoms with Gasteiger partial charge in [-0.25, -0.2) is 0 Å². The van der Waals surface area contributed by atoms with Crippen LogP contribution in [-0.2, 0) is 19.4 Å². The summed E-state index contributed by atoms with van der Waals surface area (Å²) < 4.78 is 0. The third kappa shape index (κ3) is 2.23. The van der Waals surface area contributed by atoms with E-state index >= 15 is 0 Å². The number of hydrogen-bond donors (Lipinski definition) is 0. The molecule has 0 bridgehead atoms.